The molecule has 0 saturated carbocycles. The molecule has 0 aromatic heterocycles. The molecule has 2 aliphatic heterocycles. The first-order valence-electron chi connectivity index (χ1n) is 8.39. The molecule has 1 amide bonds. The third-order valence-corrected chi connectivity index (χ3v) is 4.49. The van der Waals surface area contributed by atoms with E-state index in [-0.39, 0.29) is 12.1 Å². The summed E-state index contributed by atoms with van der Waals surface area (Å²) in [6, 6.07) is 6.62. The molecular weight excluding hydrogens is 290 g/mol. The average molecular weight is 317 g/mol. The van der Waals surface area contributed by atoms with Gasteiger partial charge in [-0.1, -0.05) is 12.1 Å². The number of carbonyl (C=O) groups excluding carboxylic acids is 1. The molecule has 1 atom stereocenters. The zero-order valence-electron chi connectivity index (χ0n) is 14.6. The topological polar surface area (TPSA) is 44.8 Å². The first-order chi connectivity index (χ1) is 10.8. The summed E-state index contributed by atoms with van der Waals surface area (Å²) in [6.45, 7) is 9.05. The van der Waals surface area contributed by atoms with Crippen LogP contribution in [0.15, 0.2) is 18.2 Å². The van der Waals surface area contributed by atoms with Gasteiger partial charge >= 0.3 is 6.09 Å². The Morgan fingerprint density at radius 1 is 1.30 bits per heavy atom. The predicted molar refractivity (Wildman–Crippen MR) is 92.0 cm³/mol. The van der Waals surface area contributed by atoms with Gasteiger partial charge in [-0.05, 0) is 44.4 Å². The van der Waals surface area contributed by atoms with Crippen LogP contribution in [0.3, 0.4) is 0 Å². The third kappa shape index (κ3) is 3.44. The first kappa shape index (κ1) is 16.1. The fraction of sp³-hybridized carbons (Fsp3) is 0.611. The van der Waals surface area contributed by atoms with E-state index in [2.05, 4.69) is 35.5 Å². The maximum Gasteiger partial charge on any atom is 0.410 e. The minimum atomic E-state index is -0.465. The molecule has 1 saturated heterocycles. The minimum Gasteiger partial charge on any atom is -0.444 e. The number of likely N-dealkylation sites (N-methyl/N-ethyl adjacent to an activating group) is 1. The van der Waals surface area contributed by atoms with Crippen LogP contribution >= 0.6 is 0 Å². The smallest absolute Gasteiger partial charge is 0.410 e. The largest absolute Gasteiger partial charge is 0.444 e. The number of piperazine rings is 1. The summed E-state index contributed by atoms with van der Waals surface area (Å²) in [5, 5.41) is 3.40. The van der Waals surface area contributed by atoms with Crippen LogP contribution in [-0.2, 0) is 11.2 Å². The Bertz CT molecular complexity index is 594. The zero-order valence-corrected chi connectivity index (χ0v) is 14.6. The van der Waals surface area contributed by atoms with Gasteiger partial charge in [0.25, 0.3) is 0 Å². The summed E-state index contributed by atoms with van der Waals surface area (Å²) in [4.78, 5) is 16.7. The SMILES string of the molecule is CN1CCc2cc(C3CNCCN3C(=O)OC(C)(C)C)ccc21. The molecule has 126 valence electrons. The number of benzene rings is 1. The number of ether oxygens (including phenoxy) is 1. The molecule has 23 heavy (non-hydrogen) atoms. The second-order valence-electron chi connectivity index (χ2n) is 7.45. The van der Waals surface area contributed by atoms with Gasteiger partial charge in [-0.3, -0.25) is 4.90 Å². The van der Waals surface area contributed by atoms with Crippen molar-refractivity contribution >= 4 is 11.8 Å². The van der Waals surface area contributed by atoms with Crippen molar-refractivity contribution in [1.29, 1.82) is 0 Å². The molecular formula is C18H27N3O2. The van der Waals surface area contributed by atoms with Crippen LogP contribution in [-0.4, -0.2) is 49.8 Å². The maximum atomic E-state index is 12.6. The molecule has 3 rings (SSSR count). The lowest BCUT2D eigenvalue weighted by Crippen LogP contribution is -2.50. The lowest BCUT2D eigenvalue weighted by atomic mass is 10.00. The van der Waals surface area contributed by atoms with E-state index in [0.717, 1.165) is 26.1 Å². The number of nitrogens with one attached hydrogen (secondary N) is 1. The summed E-state index contributed by atoms with van der Waals surface area (Å²) in [5.74, 6) is 0. The van der Waals surface area contributed by atoms with E-state index in [1.165, 1.54) is 16.8 Å². The average Bonchev–Trinajstić information content (AvgIpc) is 2.86. The Kier molecular flexibility index (Phi) is 4.23. The highest BCUT2D eigenvalue weighted by Gasteiger charge is 2.32. The van der Waals surface area contributed by atoms with Crippen molar-refractivity contribution in [2.45, 2.75) is 38.8 Å². The number of fused-ring (bicyclic) bond motifs is 1. The normalized spacial score (nSPS) is 21.3. The monoisotopic (exact) mass is 317 g/mol. The number of hydrogen-bond acceptors (Lipinski definition) is 4. The van der Waals surface area contributed by atoms with Crippen molar-refractivity contribution in [2.75, 3.05) is 38.1 Å². The Morgan fingerprint density at radius 2 is 2.09 bits per heavy atom. The predicted octanol–water partition coefficient (Wildman–Crippen LogP) is 2.56. The maximum absolute atomic E-state index is 12.6. The zero-order chi connectivity index (χ0) is 16.6. The summed E-state index contributed by atoms with van der Waals surface area (Å²) < 4.78 is 5.59. The van der Waals surface area contributed by atoms with Gasteiger partial charge in [0.15, 0.2) is 0 Å². The van der Waals surface area contributed by atoms with Crippen molar-refractivity contribution in [3.63, 3.8) is 0 Å². The van der Waals surface area contributed by atoms with Crippen molar-refractivity contribution in [1.82, 2.24) is 10.2 Å². The molecule has 0 radical (unpaired) electrons. The number of nitrogens with zero attached hydrogens (tertiary/aromatic N) is 2. The molecule has 0 spiro atoms. The van der Waals surface area contributed by atoms with E-state index in [9.17, 15) is 4.79 Å². The van der Waals surface area contributed by atoms with E-state index in [1.807, 2.05) is 25.7 Å². The van der Waals surface area contributed by atoms with Gasteiger partial charge in [0, 0.05) is 38.9 Å². The molecule has 0 aliphatic carbocycles. The van der Waals surface area contributed by atoms with Gasteiger partial charge in [-0.2, -0.15) is 0 Å². The van der Waals surface area contributed by atoms with Gasteiger partial charge in [0.2, 0.25) is 0 Å². The van der Waals surface area contributed by atoms with Crippen LogP contribution in [0.4, 0.5) is 10.5 Å². The van der Waals surface area contributed by atoms with E-state index in [1.54, 1.807) is 0 Å². The highest BCUT2D eigenvalue weighted by Crippen LogP contribution is 2.32. The molecule has 0 bridgehead atoms. The van der Waals surface area contributed by atoms with Crippen LogP contribution in [0, 0.1) is 0 Å². The quantitative estimate of drug-likeness (QED) is 0.864. The van der Waals surface area contributed by atoms with E-state index in [4.69, 9.17) is 4.74 Å². The fourth-order valence-electron chi connectivity index (χ4n) is 3.34. The molecule has 2 aliphatic rings. The first-order valence-corrected chi connectivity index (χ1v) is 8.39. The summed E-state index contributed by atoms with van der Waals surface area (Å²) in [7, 11) is 2.13. The molecule has 1 N–H and O–H groups in total. The number of rotatable bonds is 1. The van der Waals surface area contributed by atoms with Crippen LogP contribution in [0.25, 0.3) is 0 Å². The molecule has 1 unspecified atom stereocenters. The van der Waals surface area contributed by atoms with E-state index >= 15 is 0 Å². The summed E-state index contributed by atoms with van der Waals surface area (Å²) in [6.07, 6.45) is 0.855. The molecule has 1 fully saturated rings. The third-order valence-electron chi connectivity index (χ3n) is 4.49. The molecule has 5 nitrogen and oxygen atoms in total. The van der Waals surface area contributed by atoms with Crippen molar-refractivity contribution < 1.29 is 9.53 Å². The van der Waals surface area contributed by atoms with Crippen LogP contribution in [0.5, 0.6) is 0 Å². The van der Waals surface area contributed by atoms with Gasteiger partial charge in [0.05, 0.1) is 6.04 Å². The Morgan fingerprint density at radius 3 is 2.83 bits per heavy atom. The Labute approximate surface area is 138 Å². The fourth-order valence-corrected chi connectivity index (χ4v) is 3.34. The van der Waals surface area contributed by atoms with Crippen molar-refractivity contribution in [3.05, 3.63) is 29.3 Å². The lowest BCUT2D eigenvalue weighted by Gasteiger charge is -2.37. The summed E-state index contributed by atoms with van der Waals surface area (Å²) in [5.41, 5.74) is 3.41. The summed E-state index contributed by atoms with van der Waals surface area (Å²) >= 11 is 0. The Balaban J connectivity index is 1.83. The van der Waals surface area contributed by atoms with Gasteiger partial charge in [0.1, 0.15) is 5.60 Å². The van der Waals surface area contributed by atoms with Gasteiger partial charge < -0.3 is 15.0 Å². The van der Waals surface area contributed by atoms with Crippen LogP contribution in [0.2, 0.25) is 0 Å². The molecule has 1 aromatic rings. The highest BCUT2D eigenvalue weighted by atomic mass is 16.6. The second kappa shape index (κ2) is 6.04. The van der Waals surface area contributed by atoms with Gasteiger partial charge in [-0.25, -0.2) is 4.79 Å². The van der Waals surface area contributed by atoms with E-state index < -0.39 is 5.60 Å². The highest BCUT2D eigenvalue weighted by molar-refractivity contribution is 5.69. The van der Waals surface area contributed by atoms with Crippen LogP contribution in [0.1, 0.15) is 37.9 Å². The second-order valence-corrected chi connectivity index (χ2v) is 7.45. The van der Waals surface area contributed by atoms with Crippen molar-refractivity contribution in [3.8, 4) is 0 Å². The van der Waals surface area contributed by atoms with Crippen LogP contribution < -0.4 is 10.2 Å². The lowest BCUT2D eigenvalue weighted by molar-refractivity contribution is 0.0118. The Hall–Kier alpha value is -1.75. The van der Waals surface area contributed by atoms with Crippen molar-refractivity contribution in [2.24, 2.45) is 0 Å². The standard InChI is InChI=1S/C18H27N3O2/c1-18(2,3)23-17(22)21-10-8-19-12-16(21)13-5-6-15-14(11-13)7-9-20(15)4/h5-6,11,16,19H,7-10,12H2,1-4H3. The number of carbonyl (C=O) groups is 1. The molecule has 2 heterocycles. The minimum absolute atomic E-state index is 0.0369. The molecule has 5 heteroatoms. The van der Waals surface area contributed by atoms with Gasteiger partial charge in [-0.15, -0.1) is 0 Å². The molecule has 1 aromatic carbocycles. The number of hydrogen-bond donors (Lipinski definition) is 1. The number of anilines is 1. The number of amides is 1. The van der Waals surface area contributed by atoms with E-state index in [0.29, 0.717) is 6.54 Å².